The minimum atomic E-state index is -1.01. The molecule has 3 rings (SSSR count). The van der Waals surface area contributed by atoms with Crippen LogP contribution in [0.3, 0.4) is 0 Å². The van der Waals surface area contributed by atoms with Gasteiger partial charge in [-0.2, -0.15) is 0 Å². The van der Waals surface area contributed by atoms with Crippen LogP contribution in [0.4, 0.5) is 5.69 Å². The van der Waals surface area contributed by atoms with Gasteiger partial charge in [-0.3, -0.25) is 19.3 Å². The molecule has 1 aromatic carbocycles. The SMILES string of the molecule is O=COC(Cc1cccs1)C(=O)N1CNc2ccccc2C1=O. The highest BCUT2D eigenvalue weighted by atomic mass is 32.1. The molecule has 1 aliphatic heterocycles. The number of nitrogens with zero attached hydrogens (tertiary/aromatic N) is 1. The zero-order chi connectivity index (χ0) is 16.2. The zero-order valence-electron chi connectivity index (χ0n) is 12.1. The highest BCUT2D eigenvalue weighted by Gasteiger charge is 2.34. The van der Waals surface area contributed by atoms with Gasteiger partial charge in [0.1, 0.15) is 0 Å². The maximum absolute atomic E-state index is 12.6. The Morgan fingerprint density at radius 1 is 1.35 bits per heavy atom. The van der Waals surface area contributed by atoms with Gasteiger partial charge in [0.05, 0.1) is 12.2 Å². The molecule has 0 aliphatic carbocycles. The van der Waals surface area contributed by atoms with Gasteiger partial charge in [-0.1, -0.05) is 18.2 Å². The van der Waals surface area contributed by atoms with Crippen molar-refractivity contribution in [2.75, 3.05) is 12.0 Å². The second-order valence-electron chi connectivity index (χ2n) is 4.96. The summed E-state index contributed by atoms with van der Waals surface area (Å²) in [5.74, 6) is -0.924. The number of amides is 2. The second-order valence-corrected chi connectivity index (χ2v) is 5.99. The van der Waals surface area contributed by atoms with Crippen molar-refractivity contribution in [3.05, 3.63) is 52.2 Å². The van der Waals surface area contributed by atoms with E-state index in [4.69, 9.17) is 4.74 Å². The quantitative estimate of drug-likeness (QED) is 0.847. The number of nitrogens with one attached hydrogen (secondary N) is 1. The van der Waals surface area contributed by atoms with E-state index in [2.05, 4.69) is 5.32 Å². The molecule has 1 aliphatic rings. The third kappa shape index (κ3) is 3.09. The Labute approximate surface area is 136 Å². The number of ether oxygens (including phenoxy) is 1. The number of imide groups is 1. The molecule has 0 spiro atoms. The van der Waals surface area contributed by atoms with Gasteiger partial charge in [0.15, 0.2) is 6.10 Å². The summed E-state index contributed by atoms with van der Waals surface area (Å²) in [7, 11) is 0. The van der Waals surface area contributed by atoms with Gasteiger partial charge in [0.2, 0.25) is 0 Å². The van der Waals surface area contributed by atoms with Gasteiger partial charge in [0, 0.05) is 17.0 Å². The normalized spacial score (nSPS) is 14.6. The predicted molar refractivity (Wildman–Crippen MR) is 85.1 cm³/mol. The lowest BCUT2D eigenvalue weighted by Crippen LogP contribution is -2.49. The number of carbonyl (C=O) groups excluding carboxylic acids is 3. The summed E-state index contributed by atoms with van der Waals surface area (Å²) in [4.78, 5) is 37.8. The van der Waals surface area contributed by atoms with E-state index in [-0.39, 0.29) is 19.6 Å². The number of fused-ring (bicyclic) bond motifs is 1. The molecular formula is C16H14N2O4S. The maximum Gasteiger partial charge on any atom is 0.293 e. The summed E-state index contributed by atoms with van der Waals surface area (Å²) in [5.41, 5.74) is 1.11. The zero-order valence-corrected chi connectivity index (χ0v) is 12.9. The summed E-state index contributed by atoms with van der Waals surface area (Å²) in [6.45, 7) is 0.295. The molecule has 0 saturated heterocycles. The number of hydrogen-bond acceptors (Lipinski definition) is 6. The summed E-state index contributed by atoms with van der Waals surface area (Å²) >= 11 is 1.46. The van der Waals surface area contributed by atoms with E-state index in [1.807, 2.05) is 23.6 Å². The molecule has 1 atom stereocenters. The Hall–Kier alpha value is -2.67. The van der Waals surface area contributed by atoms with Crippen LogP contribution in [0.15, 0.2) is 41.8 Å². The number of anilines is 1. The largest absolute Gasteiger partial charge is 0.454 e. The highest BCUT2D eigenvalue weighted by Crippen LogP contribution is 2.23. The molecule has 2 amide bonds. The summed E-state index contributed by atoms with van der Waals surface area (Å²) in [5, 5.41) is 4.90. The molecule has 23 heavy (non-hydrogen) atoms. The summed E-state index contributed by atoms with van der Waals surface area (Å²) < 4.78 is 4.92. The van der Waals surface area contributed by atoms with Crippen molar-refractivity contribution in [3.8, 4) is 0 Å². The molecule has 6 nitrogen and oxygen atoms in total. The average molecular weight is 330 g/mol. The van der Waals surface area contributed by atoms with E-state index in [0.29, 0.717) is 11.3 Å². The Bertz CT molecular complexity index is 729. The molecular weight excluding hydrogens is 316 g/mol. The van der Waals surface area contributed by atoms with Crippen molar-refractivity contribution >= 4 is 35.3 Å². The molecule has 1 unspecified atom stereocenters. The molecule has 2 aromatic rings. The average Bonchev–Trinajstić information content (AvgIpc) is 3.08. The van der Waals surface area contributed by atoms with Crippen molar-refractivity contribution in [2.45, 2.75) is 12.5 Å². The maximum atomic E-state index is 12.6. The van der Waals surface area contributed by atoms with Crippen LogP contribution in [0.5, 0.6) is 0 Å². The van der Waals surface area contributed by atoms with Crippen LogP contribution in [-0.4, -0.2) is 36.0 Å². The fourth-order valence-corrected chi connectivity index (χ4v) is 3.17. The molecule has 118 valence electrons. The highest BCUT2D eigenvalue weighted by molar-refractivity contribution is 7.09. The topological polar surface area (TPSA) is 75.7 Å². The minimum Gasteiger partial charge on any atom is -0.454 e. The third-order valence-electron chi connectivity index (χ3n) is 3.56. The Balaban J connectivity index is 1.80. The number of para-hydroxylation sites is 1. The molecule has 0 radical (unpaired) electrons. The lowest BCUT2D eigenvalue weighted by atomic mass is 10.1. The van der Waals surface area contributed by atoms with Crippen molar-refractivity contribution in [1.82, 2.24) is 4.90 Å². The lowest BCUT2D eigenvalue weighted by Gasteiger charge is -2.30. The number of rotatable bonds is 5. The lowest BCUT2D eigenvalue weighted by molar-refractivity contribution is -0.149. The first-order chi connectivity index (χ1) is 11.2. The van der Waals surface area contributed by atoms with E-state index < -0.39 is 17.9 Å². The van der Waals surface area contributed by atoms with Crippen LogP contribution in [0.2, 0.25) is 0 Å². The first-order valence-electron chi connectivity index (χ1n) is 7.01. The monoisotopic (exact) mass is 330 g/mol. The van der Waals surface area contributed by atoms with Crippen LogP contribution < -0.4 is 5.32 Å². The van der Waals surface area contributed by atoms with Crippen molar-refractivity contribution in [2.24, 2.45) is 0 Å². The fourth-order valence-electron chi connectivity index (χ4n) is 2.43. The standard InChI is InChI=1S/C16H14N2O4S/c19-10-22-14(8-11-4-3-7-23-11)16(21)18-9-17-13-6-2-1-5-12(13)15(18)20/h1-7,10,14,17H,8-9H2. The van der Waals surface area contributed by atoms with E-state index in [1.165, 1.54) is 11.3 Å². The van der Waals surface area contributed by atoms with Crippen molar-refractivity contribution in [3.63, 3.8) is 0 Å². The second kappa shape index (κ2) is 6.62. The van der Waals surface area contributed by atoms with E-state index in [1.54, 1.807) is 18.2 Å². The Kier molecular flexibility index (Phi) is 4.38. The van der Waals surface area contributed by atoms with E-state index in [9.17, 15) is 14.4 Å². The molecule has 0 fully saturated rings. The third-order valence-corrected chi connectivity index (χ3v) is 4.46. The Morgan fingerprint density at radius 2 is 2.17 bits per heavy atom. The van der Waals surface area contributed by atoms with Crippen LogP contribution in [0, 0.1) is 0 Å². The number of hydrogen-bond donors (Lipinski definition) is 1. The summed E-state index contributed by atoms with van der Waals surface area (Å²) in [6.07, 6.45) is -0.761. The first kappa shape index (κ1) is 15.2. The molecule has 0 bridgehead atoms. The Morgan fingerprint density at radius 3 is 2.91 bits per heavy atom. The minimum absolute atomic E-state index is 0.0534. The smallest absolute Gasteiger partial charge is 0.293 e. The number of thiophene rings is 1. The molecule has 2 heterocycles. The molecule has 0 saturated carbocycles. The van der Waals surface area contributed by atoms with Crippen LogP contribution in [-0.2, 0) is 20.7 Å². The van der Waals surface area contributed by atoms with Crippen molar-refractivity contribution < 1.29 is 19.1 Å². The van der Waals surface area contributed by atoms with Crippen LogP contribution in [0.1, 0.15) is 15.2 Å². The summed E-state index contributed by atoms with van der Waals surface area (Å²) in [6, 6.07) is 10.7. The van der Waals surface area contributed by atoms with Crippen LogP contribution in [0.25, 0.3) is 0 Å². The van der Waals surface area contributed by atoms with Gasteiger partial charge in [-0.25, -0.2) is 0 Å². The molecule has 1 N–H and O–H groups in total. The number of carbonyl (C=O) groups is 3. The fraction of sp³-hybridized carbons (Fsp3) is 0.188. The van der Waals surface area contributed by atoms with E-state index >= 15 is 0 Å². The number of benzene rings is 1. The van der Waals surface area contributed by atoms with Gasteiger partial charge in [0.25, 0.3) is 18.3 Å². The first-order valence-corrected chi connectivity index (χ1v) is 7.88. The van der Waals surface area contributed by atoms with Gasteiger partial charge < -0.3 is 10.1 Å². The molecule has 7 heteroatoms. The van der Waals surface area contributed by atoms with Gasteiger partial charge in [-0.15, -0.1) is 11.3 Å². The van der Waals surface area contributed by atoms with E-state index in [0.717, 1.165) is 9.78 Å². The van der Waals surface area contributed by atoms with Gasteiger partial charge >= 0.3 is 0 Å². The van der Waals surface area contributed by atoms with Gasteiger partial charge in [-0.05, 0) is 23.6 Å². The predicted octanol–water partition coefficient (Wildman–Crippen LogP) is 1.88. The molecule has 1 aromatic heterocycles. The van der Waals surface area contributed by atoms with Crippen molar-refractivity contribution in [1.29, 1.82) is 0 Å². The van der Waals surface area contributed by atoms with Crippen LogP contribution >= 0.6 is 11.3 Å².